The molecule has 3 nitrogen and oxygen atoms in total. The van der Waals surface area contributed by atoms with Gasteiger partial charge in [-0.1, -0.05) is 13.8 Å². The summed E-state index contributed by atoms with van der Waals surface area (Å²) in [6.07, 6.45) is 5.60. The fourth-order valence-electron chi connectivity index (χ4n) is 0.908. The van der Waals surface area contributed by atoms with Gasteiger partial charge in [-0.15, -0.1) is 12.3 Å². The molecule has 0 fully saturated rings. The number of carboxylic acids is 1. The molecular weight excluding hydrogens is 154 g/mol. The zero-order chi connectivity index (χ0) is 9.56. The van der Waals surface area contributed by atoms with Crippen molar-refractivity contribution in [1.82, 2.24) is 5.32 Å². The lowest BCUT2D eigenvalue weighted by Crippen LogP contribution is -2.41. The zero-order valence-corrected chi connectivity index (χ0v) is 7.50. The summed E-state index contributed by atoms with van der Waals surface area (Å²) in [7, 11) is 0. The van der Waals surface area contributed by atoms with Crippen molar-refractivity contribution in [3.8, 4) is 12.3 Å². The highest BCUT2D eigenvalue weighted by atomic mass is 16.4. The van der Waals surface area contributed by atoms with E-state index in [4.69, 9.17) is 11.5 Å². The van der Waals surface area contributed by atoms with Crippen LogP contribution in [0.25, 0.3) is 0 Å². The van der Waals surface area contributed by atoms with Crippen LogP contribution in [0.3, 0.4) is 0 Å². The Kier molecular flexibility index (Phi) is 5.14. The van der Waals surface area contributed by atoms with Crippen LogP contribution in [0.1, 0.15) is 20.3 Å². The van der Waals surface area contributed by atoms with Gasteiger partial charge in [-0.05, 0) is 5.92 Å². The Morgan fingerprint density at radius 2 is 2.25 bits per heavy atom. The maximum atomic E-state index is 10.6. The van der Waals surface area contributed by atoms with Crippen molar-refractivity contribution in [3.05, 3.63) is 0 Å². The molecule has 0 spiro atoms. The second-order valence-electron chi connectivity index (χ2n) is 2.97. The van der Waals surface area contributed by atoms with Crippen molar-refractivity contribution >= 4 is 5.97 Å². The van der Waals surface area contributed by atoms with E-state index in [9.17, 15) is 4.79 Å². The fraction of sp³-hybridized carbons (Fsp3) is 0.667. The van der Waals surface area contributed by atoms with E-state index < -0.39 is 12.0 Å². The number of carboxylic acid groups (broad SMARTS) is 1. The molecule has 12 heavy (non-hydrogen) atoms. The van der Waals surface area contributed by atoms with Crippen LogP contribution in [0.15, 0.2) is 0 Å². The molecule has 0 bridgehead atoms. The van der Waals surface area contributed by atoms with Crippen molar-refractivity contribution < 1.29 is 9.90 Å². The summed E-state index contributed by atoms with van der Waals surface area (Å²) < 4.78 is 0. The number of hydrogen-bond donors (Lipinski definition) is 2. The molecule has 0 aromatic heterocycles. The largest absolute Gasteiger partial charge is 0.480 e. The number of aliphatic carboxylic acids is 1. The highest BCUT2D eigenvalue weighted by molar-refractivity contribution is 5.73. The summed E-state index contributed by atoms with van der Waals surface area (Å²) in [6, 6.07) is -0.488. The maximum absolute atomic E-state index is 10.6. The third kappa shape index (κ3) is 3.99. The van der Waals surface area contributed by atoms with Crippen LogP contribution in [0.2, 0.25) is 0 Å². The number of carbonyl (C=O) groups is 1. The highest BCUT2D eigenvalue weighted by Crippen LogP contribution is 2.00. The molecule has 0 aliphatic rings. The number of nitrogens with one attached hydrogen (secondary N) is 1. The second kappa shape index (κ2) is 5.62. The summed E-state index contributed by atoms with van der Waals surface area (Å²) in [6.45, 7) is 4.29. The topological polar surface area (TPSA) is 49.3 Å². The SMILES string of the molecule is C#CCCNC(C(=O)O)C(C)C. The average Bonchev–Trinajstić information content (AvgIpc) is 1.96. The first-order valence-electron chi connectivity index (χ1n) is 3.99. The monoisotopic (exact) mass is 169 g/mol. The van der Waals surface area contributed by atoms with E-state index in [0.29, 0.717) is 13.0 Å². The first kappa shape index (κ1) is 11.0. The van der Waals surface area contributed by atoms with Gasteiger partial charge in [0.15, 0.2) is 0 Å². The summed E-state index contributed by atoms with van der Waals surface area (Å²) in [4.78, 5) is 10.6. The molecule has 3 heteroatoms. The Morgan fingerprint density at radius 3 is 2.58 bits per heavy atom. The van der Waals surface area contributed by atoms with Crippen molar-refractivity contribution in [1.29, 1.82) is 0 Å². The molecule has 1 unspecified atom stereocenters. The predicted octanol–water partition coefficient (Wildman–Crippen LogP) is 0.708. The average molecular weight is 169 g/mol. The highest BCUT2D eigenvalue weighted by Gasteiger charge is 2.19. The first-order valence-corrected chi connectivity index (χ1v) is 3.99. The van der Waals surface area contributed by atoms with E-state index in [2.05, 4.69) is 11.2 Å². The molecule has 0 amide bonds. The van der Waals surface area contributed by atoms with Crippen LogP contribution < -0.4 is 5.32 Å². The number of rotatable bonds is 5. The Labute approximate surface area is 73.2 Å². The lowest BCUT2D eigenvalue weighted by molar-refractivity contribution is -0.140. The number of hydrogen-bond acceptors (Lipinski definition) is 2. The maximum Gasteiger partial charge on any atom is 0.320 e. The third-order valence-electron chi connectivity index (χ3n) is 1.57. The molecular formula is C9H15NO2. The zero-order valence-electron chi connectivity index (χ0n) is 7.50. The van der Waals surface area contributed by atoms with Crippen molar-refractivity contribution in [3.63, 3.8) is 0 Å². The second-order valence-corrected chi connectivity index (χ2v) is 2.97. The Balaban J connectivity index is 3.82. The molecule has 0 saturated carbocycles. The van der Waals surface area contributed by atoms with Gasteiger partial charge in [-0.2, -0.15) is 0 Å². The molecule has 1 atom stereocenters. The van der Waals surface area contributed by atoms with Gasteiger partial charge in [-0.3, -0.25) is 4.79 Å². The standard InChI is InChI=1S/C9H15NO2/c1-4-5-6-10-8(7(2)3)9(11)12/h1,7-8,10H,5-6H2,2-3H3,(H,11,12). The molecule has 0 rings (SSSR count). The predicted molar refractivity (Wildman–Crippen MR) is 47.7 cm³/mol. The van der Waals surface area contributed by atoms with Crippen LogP contribution in [-0.2, 0) is 4.79 Å². The lowest BCUT2D eigenvalue weighted by atomic mass is 10.0. The van der Waals surface area contributed by atoms with Crippen LogP contribution in [-0.4, -0.2) is 23.7 Å². The minimum atomic E-state index is -0.818. The van der Waals surface area contributed by atoms with Gasteiger partial charge in [0, 0.05) is 13.0 Å². The number of terminal acetylenes is 1. The lowest BCUT2D eigenvalue weighted by Gasteiger charge is -2.16. The molecule has 2 N–H and O–H groups in total. The van der Waals surface area contributed by atoms with Gasteiger partial charge in [0.05, 0.1) is 0 Å². The van der Waals surface area contributed by atoms with Crippen LogP contribution in [0, 0.1) is 18.3 Å². The summed E-state index contributed by atoms with van der Waals surface area (Å²) in [5, 5.41) is 11.6. The van der Waals surface area contributed by atoms with E-state index >= 15 is 0 Å². The van der Waals surface area contributed by atoms with E-state index in [1.807, 2.05) is 13.8 Å². The van der Waals surface area contributed by atoms with E-state index in [0.717, 1.165) is 0 Å². The molecule has 0 aromatic carbocycles. The van der Waals surface area contributed by atoms with E-state index in [1.54, 1.807) is 0 Å². The molecule has 0 radical (unpaired) electrons. The third-order valence-corrected chi connectivity index (χ3v) is 1.57. The summed E-state index contributed by atoms with van der Waals surface area (Å²) in [5.74, 6) is 1.71. The molecule has 0 aliphatic carbocycles. The quantitative estimate of drug-likeness (QED) is 0.470. The van der Waals surface area contributed by atoms with Crippen molar-refractivity contribution in [2.75, 3.05) is 6.54 Å². The van der Waals surface area contributed by atoms with Crippen molar-refractivity contribution in [2.45, 2.75) is 26.3 Å². The molecule has 0 aliphatic heterocycles. The normalized spacial score (nSPS) is 12.5. The Morgan fingerprint density at radius 1 is 1.67 bits per heavy atom. The van der Waals surface area contributed by atoms with Gasteiger partial charge in [-0.25, -0.2) is 0 Å². The Hall–Kier alpha value is -1.01. The first-order chi connectivity index (χ1) is 5.59. The minimum absolute atomic E-state index is 0.0836. The van der Waals surface area contributed by atoms with Gasteiger partial charge in [0.25, 0.3) is 0 Å². The van der Waals surface area contributed by atoms with Crippen molar-refractivity contribution in [2.24, 2.45) is 5.92 Å². The van der Waals surface area contributed by atoms with Crippen LogP contribution >= 0.6 is 0 Å². The van der Waals surface area contributed by atoms with Gasteiger partial charge < -0.3 is 10.4 Å². The Bertz CT molecular complexity index is 181. The summed E-state index contributed by atoms with van der Waals surface area (Å²) >= 11 is 0. The smallest absolute Gasteiger partial charge is 0.320 e. The molecule has 68 valence electrons. The van der Waals surface area contributed by atoms with Gasteiger partial charge in [0.2, 0.25) is 0 Å². The minimum Gasteiger partial charge on any atom is -0.480 e. The summed E-state index contributed by atoms with van der Waals surface area (Å²) in [5.41, 5.74) is 0. The van der Waals surface area contributed by atoms with Crippen LogP contribution in [0.4, 0.5) is 0 Å². The molecule has 0 saturated heterocycles. The van der Waals surface area contributed by atoms with Gasteiger partial charge in [0.1, 0.15) is 6.04 Å². The molecule has 0 heterocycles. The van der Waals surface area contributed by atoms with Crippen LogP contribution in [0.5, 0.6) is 0 Å². The fourth-order valence-corrected chi connectivity index (χ4v) is 0.908. The van der Waals surface area contributed by atoms with E-state index in [1.165, 1.54) is 0 Å². The van der Waals surface area contributed by atoms with Gasteiger partial charge >= 0.3 is 5.97 Å². The van der Waals surface area contributed by atoms with E-state index in [-0.39, 0.29) is 5.92 Å². The molecule has 0 aromatic rings.